The molecule has 9 heteroatoms. The summed E-state index contributed by atoms with van der Waals surface area (Å²) in [5.74, 6) is -1.59. The third kappa shape index (κ3) is 6.79. The van der Waals surface area contributed by atoms with Crippen LogP contribution in [0.15, 0.2) is 54.6 Å². The lowest BCUT2D eigenvalue weighted by atomic mass is 10.1. The second-order valence-corrected chi connectivity index (χ2v) is 10.6. The van der Waals surface area contributed by atoms with Crippen LogP contribution in [0.25, 0.3) is 0 Å². The van der Waals surface area contributed by atoms with E-state index in [1.807, 2.05) is 30.3 Å². The summed E-state index contributed by atoms with van der Waals surface area (Å²) < 4.78 is 40.1. The first kappa shape index (κ1) is 25.7. The van der Waals surface area contributed by atoms with Crippen LogP contribution in [0.5, 0.6) is 0 Å². The zero-order valence-corrected chi connectivity index (χ0v) is 20.4. The quantitative estimate of drug-likeness (QED) is 0.556. The highest BCUT2D eigenvalue weighted by atomic mass is 32.2. The van der Waals surface area contributed by atoms with Gasteiger partial charge in [-0.15, -0.1) is 0 Å². The molecule has 34 heavy (non-hydrogen) atoms. The number of sulfonamides is 1. The van der Waals surface area contributed by atoms with Crippen LogP contribution in [0.1, 0.15) is 38.2 Å². The summed E-state index contributed by atoms with van der Waals surface area (Å²) in [6.07, 6.45) is 5.35. The number of anilines is 1. The molecular formula is C25H32FN3O4S. The van der Waals surface area contributed by atoms with Crippen molar-refractivity contribution in [3.8, 4) is 0 Å². The number of hydrogen-bond acceptors (Lipinski definition) is 4. The molecule has 1 saturated carbocycles. The SMILES string of the molecule is CC(C(=O)NC1CCCC1)N(CCc1ccccc1)C(=O)CN(c1ccccc1F)S(C)(=O)=O. The molecule has 0 heterocycles. The molecule has 7 nitrogen and oxygen atoms in total. The average molecular weight is 490 g/mol. The van der Waals surface area contributed by atoms with Crippen molar-refractivity contribution in [3.63, 3.8) is 0 Å². The Morgan fingerprint density at radius 3 is 2.29 bits per heavy atom. The Morgan fingerprint density at radius 2 is 1.68 bits per heavy atom. The standard InChI is InChI=1S/C25H32FN3O4S/c1-19(25(31)27-21-12-6-7-13-21)28(17-16-20-10-4-3-5-11-20)24(30)18-29(34(2,32)33)23-15-9-8-14-22(23)26/h3-5,8-11,14-15,19,21H,6-7,12-13,16-18H2,1-2H3,(H,27,31). The number of nitrogens with one attached hydrogen (secondary N) is 1. The van der Waals surface area contributed by atoms with Gasteiger partial charge < -0.3 is 10.2 Å². The van der Waals surface area contributed by atoms with Gasteiger partial charge in [-0.05, 0) is 43.9 Å². The number of hydrogen-bond donors (Lipinski definition) is 1. The first-order chi connectivity index (χ1) is 16.2. The van der Waals surface area contributed by atoms with Crippen LogP contribution >= 0.6 is 0 Å². The zero-order valence-electron chi connectivity index (χ0n) is 19.6. The summed E-state index contributed by atoms with van der Waals surface area (Å²) in [5, 5.41) is 3.01. The van der Waals surface area contributed by atoms with Crippen molar-refractivity contribution in [3.05, 3.63) is 66.0 Å². The van der Waals surface area contributed by atoms with Gasteiger partial charge in [-0.1, -0.05) is 55.3 Å². The summed E-state index contributed by atoms with van der Waals surface area (Å²) in [7, 11) is -3.96. The maximum atomic E-state index is 14.4. The first-order valence-corrected chi connectivity index (χ1v) is 13.4. The predicted octanol–water partition coefficient (Wildman–Crippen LogP) is 3.11. The van der Waals surface area contributed by atoms with Gasteiger partial charge >= 0.3 is 0 Å². The maximum absolute atomic E-state index is 14.4. The van der Waals surface area contributed by atoms with Crippen molar-refractivity contribution >= 4 is 27.5 Å². The normalized spacial score (nSPS) is 15.0. The molecule has 0 aliphatic heterocycles. The Bertz CT molecular complexity index is 1090. The molecular weight excluding hydrogens is 457 g/mol. The molecule has 2 aromatic rings. The number of nitrogens with zero attached hydrogens (tertiary/aromatic N) is 2. The van der Waals surface area contributed by atoms with Crippen molar-refractivity contribution in [2.24, 2.45) is 0 Å². The van der Waals surface area contributed by atoms with Gasteiger partial charge in [0.2, 0.25) is 21.8 Å². The highest BCUT2D eigenvalue weighted by Crippen LogP contribution is 2.22. The number of halogens is 1. The first-order valence-electron chi connectivity index (χ1n) is 11.5. The van der Waals surface area contributed by atoms with E-state index < -0.39 is 34.3 Å². The van der Waals surface area contributed by atoms with Gasteiger partial charge in [0.1, 0.15) is 18.4 Å². The highest BCUT2D eigenvalue weighted by Gasteiger charge is 2.31. The Morgan fingerprint density at radius 1 is 1.06 bits per heavy atom. The van der Waals surface area contributed by atoms with Crippen molar-refractivity contribution in [2.75, 3.05) is 23.7 Å². The third-order valence-electron chi connectivity index (χ3n) is 6.15. The fraction of sp³-hybridized carbons (Fsp3) is 0.440. The molecule has 184 valence electrons. The largest absolute Gasteiger partial charge is 0.352 e. The summed E-state index contributed by atoms with van der Waals surface area (Å²) in [5.41, 5.74) is 0.780. The summed E-state index contributed by atoms with van der Waals surface area (Å²) in [6, 6.07) is 14.2. The lowest BCUT2D eigenvalue weighted by molar-refractivity contribution is -0.139. The van der Waals surface area contributed by atoms with Crippen molar-refractivity contribution in [1.82, 2.24) is 10.2 Å². The average Bonchev–Trinajstić information content (AvgIpc) is 3.31. The molecule has 2 amide bonds. The Labute approximate surface area is 201 Å². The lowest BCUT2D eigenvalue weighted by Crippen LogP contribution is -2.53. The minimum absolute atomic E-state index is 0.0898. The van der Waals surface area contributed by atoms with Gasteiger partial charge in [0, 0.05) is 12.6 Å². The minimum Gasteiger partial charge on any atom is -0.352 e. The minimum atomic E-state index is -3.96. The van der Waals surface area contributed by atoms with E-state index in [9.17, 15) is 22.4 Å². The Kier molecular flexibility index (Phi) is 8.66. The van der Waals surface area contributed by atoms with E-state index in [0.29, 0.717) is 6.42 Å². The van der Waals surface area contributed by atoms with Crippen molar-refractivity contribution in [2.45, 2.75) is 51.1 Å². The van der Waals surface area contributed by atoms with Crippen LogP contribution in [0, 0.1) is 5.82 Å². The van der Waals surface area contributed by atoms with E-state index in [4.69, 9.17) is 0 Å². The lowest BCUT2D eigenvalue weighted by Gasteiger charge is -2.32. The molecule has 1 unspecified atom stereocenters. The van der Waals surface area contributed by atoms with E-state index >= 15 is 0 Å². The highest BCUT2D eigenvalue weighted by molar-refractivity contribution is 7.92. The van der Waals surface area contributed by atoms with Crippen LogP contribution in [-0.4, -0.2) is 56.6 Å². The molecule has 1 fully saturated rings. The smallest absolute Gasteiger partial charge is 0.244 e. The maximum Gasteiger partial charge on any atom is 0.244 e. The molecule has 0 aromatic heterocycles. The van der Waals surface area contributed by atoms with Crippen LogP contribution in [0.2, 0.25) is 0 Å². The van der Waals surface area contributed by atoms with Gasteiger partial charge in [0.05, 0.1) is 11.9 Å². The fourth-order valence-corrected chi connectivity index (χ4v) is 5.06. The molecule has 1 N–H and O–H groups in total. The summed E-state index contributed by atoms with van der Waals surface area (Å²) >= 11 is 0. The molecule has 0 bridgehead atoms. The predicted molar refractivity (Wildman–Crippen MR) is 130 cm³/mol. The van der Waals surface area contributed by atoms with Crippen LogP contribution in [0.3, 0.4) is 0 Å². The molecule has 0 saturated heterocycles. The topological polar surface area (TPSA) is 86.8 Å². The molecule has 1 aliphatic carbocycles. The van der Waals surface area contributed by atoms with E-state index in [0.717, 1.165) is 47.9 Å². The number of amides is 2. The summed E-state index contributed by atoms with van der Waals surface area (Å²) in [6.45, 7) is 1.26. The number of carbonyl (C=O) groups is 2. The molecule has 0 spiro atoms. The number of benzene rings is 2. The third-order valence-corrected chi connectivity index (χ3v) is 7.28. The molecule has 0 radical (unpaired) electrons. The Balaban J connectivity index is 1.82. The van der Waals surface area contributed by atoms with Crippen LogP contribution in [0.4, 0.5) is 10.1 Å². The van der Waals surface area contributed by atoms with E-state index in [1.165, 1.54) is 23.1 Å². The summed E-state index contributed by atoms with van der Waals surface area (Å²) in [4.78, 5) is 27.8. The van der Waals surface area contributed by atoms with Gasteiger partial charge in [-0.25, -0.2) is 12.8 Å². The van der Waals surface area contributed by atoms with Crippen LogP contribution < -0.4 is 9.62 Å². The van der Waals surface area contributed by atoms with Crippen molar-refractivity contribution in [1.29, 1.82) is 0 Å². The van der Waals surface area contributed by atoms with E-state index in [1.54, 1.807) is 6.92 Å². The van der Waals surface area contributed by atoms with E-state index in [2.05, 4.69) is 5.32 Å². The molecule has 1 aliphatic rings. The van der Waals surface area contributed by atoms with E-state index in [-0.39, 0.29) is 24.2 Å². The van der Waals surface area contributed by atoms with Gasteiger partial charge in [0.25, 0.3) is 0 Å². The second-order valence-electron chi connectivity index (χ2n) is 8.71. The molecule has 3 rings (SSSR count). The number of rotatable bonds is 10. The Hall–Kier alpha value is -2.94. The molecule has 1 atom stereocenters. The van der Waals surface area contributed by atoms with Gasteiger partial charge in [0.15, 0.2) is 0 Å². The van der Waals surface area contributed by atoms with Crippen LogP contribution in [-0.2, 0) is 26.0 Å². The zero-order chi connectivity index (χ0) is 24.7. The monoisotopic (exact) mass is 489 g/mol. The number of para-hydroxylation sites is 1. The van der Waals surface area contributed by atoms with Gasteiger partial charge in [-0.3, -0.25) is 13.9 Å². The van der Waals surface area contributed by atoms with Crippen molar-refractivity contribution < 1.29 is 22.4 Å². The molecule has 2 aromatic carbocycles. The number of carbonyl (C=O) groups excluding carboxylic acids is 2. The second kappa shape index (κ2) is 11.5. The fourth-order valence-electron chi connectivity index (χ4n) is 4.21. The van der Waals surface area contributed by atoms with Gasteiger partial charge in [-0.2, -0.15) is 0 Å².